The second-order valence-electron chi connectivity index (χ2n) is 6.11. The highest BCUT2D eigenvalue weighted by molar-refractivity contribution is 6.35. The van der Waals surface area contributed by atoms with Crippen molar-refractivity contribution in [3.8, 4) is 0 Å². The first-order valence-electron chi connectivity index (χ1n) is 8.16. The van der Waals surface area contributed by atoms with Crippen molar-refractivity contribution in [3.05, 3.63) is 93.5 Å². The van der Waals surface area contributed by atoms with Crippen LogP contribution in [0.5, 0.6) is 0 Å². The van der Waals surface area contributed by atoms with Crippen LogP contribution in [0.2, 0.25) is 5.02 Å². The summed E-state index contributed by atoms with van der Waals surface area (Å²) in [5, 5.41) is 12.0. The van der Waals surface area contributed by atoms with Gasteiger partial charge in [0, 0.05) is 22.9 Å². The number of anilines is 2. The Morgan fingerprint density at radius 3 is 2.43 bits per heavy atom. The van der Waals surface area contributed by atoms with Gasteiger partial charge >= 0.3 is 5.97 Å². The van der Waals surface area contributed by atoms with Crippen LogP contribution in [0, 0.1) is 18.6 Å². The monoisotopic (exact) mass is 403 g/mol. The molecule has 3 aromatic carbocycles. The first-order valence-corrected chi connectivity index (χ1v) is 8.54. The Hall–Kier alpha value is -3.25. The summed E-state index contributed by atoms with van der Waals surface area (Å²) in [4.78, 5) is 24.0. The molecule has 0 aliphatic heterocycles. The number of nitrogens with one attached hydrogen (secondary N) is 1. The van der Waals surface area contributed by atoms with Crippen LogP contribution in [0.1, 0.15) is 31.8 Å². The van der Waals surface area contributed by atoms with Crippen LogP contribution in [0.4, 0.5) is 20.2 Å². The highest BCUT2D eigenvalue weighted by atomic mass is 35.5. The van der Waals surface area contributed by atoms with E-state index < -0.39 is 23.4 Å². The standard InChI is InChI=1S/C21H14ClF2NO3/c1-11-2-3-12(21(27)28)8-16(11)20(26)15-6-5-14(10-17(15)22)25-19-7-4-13(23)9-18(19)24/h2-10,25H,1H3,(H,27,28)/i21+2. The van der Waals surface area contributed by atoms with Crippen molar-refractivity contribution in [1.82, 2.24) is 0 Å². The lowest BCUT2D eigenvalue weighted by Crippen LogP contribution is -2.07. The quantitative estimate of drug-likeness (QED) is 0.544. The van der Waals surface area contributed by atoms with Crippen molar-refractivity contribution in [3.63, 3.8) is 0 Å². The zero-order valence-electron chi connectivity index (χ0n) is 14.6. The molecule has 0 saturated heterocycles. The van der Waals surface area contributed by atoms with E-state index in [-0.39, 0.29) is 27.4 Å². The Morgan fingerprint density at radius 2 is 1.79 bits per heavy atom. The number of ketones is 1. The third-order valence-corrected chi connectivity index (χ3v) is 4.47. The molecule has 0 heterocycles. The maximum Gasteiger partial charge on any atom is 0.335 e. The molecule has 28 heavy (non-hydrogen) atoms. The molecule has 7 heteroatoms. The van der Waals surface area contributed by atoms with Crippen molar-refractivity contribution in [1.29, 1.82) is 0 Å². The summed E-state index contributed by atoms with van der Waals surface area (Å²) < 4.78 is 26.8. The fourth-order valence-electron chi connectivity index (χ4n) is 2.67. The van der Waals surface area contributed by atoms with Gasteiger partial charge in [-0.1, -0.05) is 17.7 Å². The van der Waals surface area contributed by atoms with Gasteiger partial charge in [0.1, 0.15) is 11.6 Å². The molecular formula is C21H14ClF2NO3. The van der Waals surface area contributed by atoms with E-state index in [2.05, 4.69) is 5.32 Å². The molecule has 4 nitrogen and oxygen atoms in total. The Morgan fingerprint density at radius 1 is 1.04 bits per heavy atom. The Kier molecular flexibility index (Phi) is 5.42. The van der Waals surface area contributed by atoms with E-state index in [1.165, 1.54) is 36.4 Å². The minimum Gasteiger partial charge on any atom is -0.478 e. The average Bonchev–Trinajstić information content (AvgIpc) is 2.64. The molecule has 0 radical (unpaired) electrons. The molecule has 0 amide bonds. The molecule has 0 unspecified atom stereocenters. The normalized spacial score (nSPS) is 10.6. The van der Waals surface area contributed by atoms with Crippen molar-refractivity contribution < 1.29 is 23.5 Å². The summed E-state index contributed by atoms with van der Waals surface area (Å²) in [6, 6.07) is 11.8. The van der Waals surface area contributed by atoms with Crippen LogP contribution in [0.15, 0.2) is 54.6 Å². The Labute approximate surface area is 164 Å². The first-order chi connectivity index (χ1) is 13.3. The molecule has 0 aromatic heterocycles. The number of carbonyl (C=O) groups is 2. The molecule has 0 aliphatic rings. The van der Waals surface area contributed by atoms with Crippen LogP contribution in [-0.2, 0) is 0 Å². The molecule has 0 saturated carbocycles. The van der Waals surface area contributed by atoms with Crippen LogP contribution >= 0.6 is 11.6 Å². The predicted octanol–water partition coefficient (Wildman–Crippen LogP) is 5.60. The topological polar surface area (TPSA) is 66.4 Å². The summed E-state index contributed by atoms with van der Waals surface area (Å²) in [6.07, 6.45) is 0. The zero-order valence-corrected chi connectivity index (χ0v) is 15.3. The summed E-state index contributed by atoms with van der Waals surface area (Å²) >= 11 is 6.23. The molecule has 0 fully saturated rings. The van der Waals surface area contributed by atoms with Gasteiger partial charge in [-0.3, -0.25) is 4.79 Å². The maximum absolute atomic E-state index is 13.8. The van der Waals surface area contributed by atoms with E-state index >= 15 is 0 Å². The largest absolute Gasteiger partial charge is 0.478 e. The van der Waals surface area contributed by atoms with Crippen molar-refractivity contribution in [2.24, 2.45) is 0 Å². The fraction of sp³-hybridized carbons (Fsp3) is 0.0476. The van der Waals surface area contributed by atoms with Gasteiger partial charge in [0.25, 0.3) is 0 Å². The Bertz CT molecular complexity index is 1100. The third-order valence-electron chi connectivity index (χ3n) is 4.15. The minimum absolute atomic E-state index is 0.00450. The summed E-state index contributed by atoms with van der Waals surface area (Å²) in [7, 11) is 0. The van der Waals surface area contributed by atoms with Crippen LogP contribution in [0.25, 0.3) is 0 Å². The number of carboxylic acid groups (broad SMARTS) is 1. The lowest BCUT2D eigenvalue weighted by atomic mass is 9.98. The number of carboxylic acids is 1. The van der Waals surface area contributed by atoms with Crippen molar-refractivity contribution in [2.45, 2.75) is 6.92 Å². The van der Waals surface area contributed by atoms with Gasteiger partial charge in [-0.05, 0) is 55.0 Å². The van der Waals surface area contributed by atoms with Crippen LogP contribution < -0.4 is 5.32 Å². The lowest BCUT2D eigenvalue weighted by molar-refractivity contribution is 0.0697. The highest BCUT2D eigenvalue weighted by Crippen LogP contribution is 2.28. The summed E-state index contributed by atoms with van der Waals surface area (Å²) in [6.45, 7) is 1.69. The summed E-state index contributed by atoms with van der Waals surface area (Å²) in [5.41, 5.74) is 1.48. The number of rotatable bonds is 5. The molecule has 0 aliphatic carbocycles. The number of halogens is 3. The van der Waals surface area contributed by atoms with E-state index in [0.29, 0.717) is 11.3 Å². The number of hydrogen-bond acceptors (Lipinski definition) is 3. The van der Waals surface area contributed by atoms with Crippen molar-refractivity contribution in [2.75, 3.05) is 5.32 Å². The minimum atomic E-state index is -1.14. The maximum atomic E-state index is 13.8. The van der Waals surface area contributed by atoms with Crippen molar-refractivity contribution >= 4 is 34.7 Å². The van der Waals surface area contributed by atoms with Gasteiger partial charge in [0.05, 0.1) is 16.3 Å². The van der Waals surface area contributed by atoms with Gasteiger partial charge in [-0.2, -0.15) is 0 Å². The second-order valence-corrected chi connectivity index (χ2v) is 6.51. The number of carbonyl (C=O) groups excluding carboxylic acids is 1. The second kappa shape index (κ2) is 7.78. The molecule has 3 aromatic rings. The number of aryl methyl sites for hydroxylation is 1. The van der Waals surface area contributed by atoms with Gasteiger partial charge < -0.3 is 10.4 Å². The molecule has 0 spiro atoms. The van der Waals surface area contributed by atoms with Crippen LogP contribution in [-0.4, -0.2) is 16.9 Å². The van der Waals surface area contributed by atoms with E-state index in [0.717, 1.165) is 12.1 Å². The van der Waals surface area contributed by atoms with E-state index in [4.69, 9.17) is 16.7 Å². The number of hydrogen-bond donors (Lipinski definition) is 2. The smallest absolute Gasteiger partial charge is 0.335 e. The van der Waals surface area contributed by atoms with Gasteiger partial charge in [-0.25, -0.2) is 13.6 Å². The van der Waals surface area contributed by atoms with Gasteiger partial charge in [-0.15, -0.1) is 0 Å². The van der Waals surface area contributed by atoms with Gasteiger partial charge in [0.2, 0.25) is 0 Å². The molecule has 2 N–H and O–H groups in total. The average molecular weight is 404 g/mol. The number of benzene rings is 3. The van der Waals surface area contributed by atoms with E-state index in [9.17, 15) is 18.4 Å². The van der Waals surface area contributed by atoms with Gasteiger partial charge in [0.15, 0.2) is 5.78 Å². The highest BCUT2D eigenvalue weighted by Gasteiger charge is 2.18. The summed E-state index contributed by atoms with van der Waals surface area (Å²) in [5.74, 6) is -3.02. The lowest BCUT2D eigenvalue weighted by Gasteiger charge is -2.11. The molecular weight excluding hydrogens is 390 g/mol. The van der Waals surface area contributed by atoms with Crippen LogP contribution in [0.3, 0.4) is 0 Å². The molecule has 3 rings (SSSR count). The molecule has 142 valence electrons. The van der Waals surface area contributed by atoms with E-state index in [1.807, 2.05) is 0 Å². The molecule has 0 bridgehead atoms. The first kappa shape index (κ1) is 19.5. The predicted molar refractivity (Wildman–Crippen MR) is 103 cm³/mol. The Balaban J connectivity index is 1.91. The SMILES string of the molecule is Cc1ccc([14C](=O)O)cc1C(=O)c1ccc(Nc2ccc(F)cc2F)cc1Cl. The fourth-order valence-corrected chi connectivity index (χ4v) is 2.93. The molecule has 0 atom stereocenters. The third kappa shape index (κ3) is 4.02. The number of aromatic carboxylic acids is 1. The van der Waals surface area contributed by atoms with E-state index in [1.54, 1.807) is 13.0 Å². The zero-order chi connectivity index (χ0) is 20.4.